The highest BCUT2D eigenvalue weighted by atomic mass is 31.2. The van der Waals surface area contributed by atoms with Gasteiger partial charge in [-0.25, -0.2) is 4.57 Å². The molecule has 0 aromatic heterocycles. The fourth-order valence-electron chi connectivity index (χ4n) is 2.87. The van der Waals surface area contributed by atoms with Crippen LogP contribution in [0.15, 0.2) is 4.99 Å². The number of unbranched alkanes of at least 4 members (excludes halogenated alkanes) is 15. The van der Waals surface area contributed by atoms with Crippen molar-refractivity contribution in [3.05, 3.63) is 0 Å². The fourth-order valence-corrected chi connectivity index (χ4v) is 2.87. The smallest absolute Gasteiger partial charge is 0.370 e. The maximum atomic E-state index is 8.88. The van der Waals surface area contributed by atoms with Gasteiger partial charge in [0.25, 0.3) is 0 Å². The van der Waals surface area contributed by atoms with E-state index >= 15 is 0 Å². The third kappa shape index (κ3) is 41.1. The van der Waals surface area contributed by atoms with E-state index in [1.807, 2.05) is 0 Å². The summed E-state index contributed by atoms with van der Waals surface area (Å²) in [7, 11) is -4.64. The molecule has 7 N–H and O–H groups in total. The van der Waals surface area contributed by atoms with Crippen molar-refractivity contribution in [2.75, 3.05) is 6.54 Å². The van der Waals surface area contributed by atoms with E-state index in [0.717, 1.165) is 13.0 Å². The Morgan fingerprint density at radius 1 is 0.667 bits per heavy atom. The molecule has 0 heterocycles. The first-order valence-corrected chi connectivity index (χ1v) is 12.2. The molecular weight excluding hydrogens is 365 g/mol. The molecule has 0 amide bonds. The minimum absolute atomic E-state index is 0.223. The van der Waals surface area contributed by atoms with Gasteiger partial charge in [-0.05, 0) is 6.42 Å². The molecule has 0 aromatic carbocycles. The highest BCUT2D eigenvalue weighted by molar-refractivity contribution is 7.45. The summed E-state index contributed by atoms with van der Waals surface area (Å²) in [5, 5.41) is 0. The Morgan fingerprint density at radius 3 is 1.19 bits per heavy atom. The van der Waals surface area contributed by atoms with Gasteiger partial charge in [-0.1, -0.05) is 103 Å². The maximum absolute atomic E-state index is 8.88. The number of nitrogens with two attached hydrogens (primary N) is 2. The van der Waals surface area contributed by atoms with Crippen LogP contribution in [-0.2, 0) is 4.57 Å². The largest absolute Gasteiger partial charge is 0.466 e. The van der Waals surface area contributed by atoms with Gasteiger partial charge in [0.05, 0.1) is 0 Å². The molecule has 0 atom stereocenters. The summed E-state index contributed by atoms with van der Waals surface area (Å²) in [5.74, 6) is 0.223. The van der Waals surface area contributed by atoms with Crippen LogP contribution in [0, 0.1) is 0 Å². The van der Waals surface area contributed by atoms with E-state index in [2.05, 4.69) is 11.9 Å². The molecule has 0 saturated carbocycles. The Balaban J connectivity index is 0. The number of hydrogen-bond donors (Lipinski definition) is 5. The number of hydrogen-bond acceptors (Lipinski definition) is 2. The predicted molar refractivity (Wildman–Crippen MR) is 114 cm³/mol. The Kier molecular flexibility index (Phi) is 23.0. The highest BCUT2D eigenvalue weighted by Gasteiger charge is 2.00. The molecule has 0 unspecified atom stereocenters. The zero-order valence-corrected chi connectivity index (χ0v) is 18.2. The van der Waals surface area contributed by atoms with Gasteiger partial charge in [-0.3, -0.25) is 4.99 Å². The third-order valence-electron chi connectivity index (χ3n) is 4.31. The number of rotatable bonds is 17. The molecule has 164 valence electrons. The second-order valence-corrected chi connectivity index (χ2v) is 8.15. The van der Waals surface area contributed by atoms with Gasteiger partial charge in [-0.15, -0.1) is 0 Å². The van der Waals surface area contributed by atoms with Gasteiger partial charge >= 0.3 is 7.82 Å². The van der Waals surface area contributed by atoms with Gasteiger partial charge in [-0.2, -0.15) is 0 Å². The molecule has 0 aliphatic heterocycles. The van der Waals surface area contributed by atoms with E-state index in [9.17, 15) is 0 Å². The summed E-state index contributed by atoms with van der Waals surface area (Å²) in [5.41, 5.74) is 10.6. The van der Waals surface area contributed by atoms with E-state index in [0.29, 0.717) is 0 Å². The number of nitrogens with zero attached hydrogens (tertiary/aromatic N) is 1. The van der Waals surface area contributed by atoms with E-state index in [-0.39, 0.29) is 5.96 Å². The van der Waals surface area contributed by atoms with Crippen molar-refractivity contribution in [1.82, 2.24) is 0 Å². The average molecular weight is 410 g/mol. The van der Waals surface area contributed by atoms with Crippen LogP contribution in [0.4, 0.5) is 0 Å². The van der Waals surface area contributed by atoms with E-state index in [1.54, 1.807) is 0 Å². The van der Waals surface area contributed by atoms with E-state index in [4.69, 9.17) is 30.7 Å². The minimum Gasteiger partial charge on any atom is -0.370 e. The normalized spacial score (nSPS) is 11.0. The third-order valence-corrected chi connectivity index (χ3v) is 4.31. The molecule has 7 nitrogen and oxygen atoms in total. The Bertz CT molecular complexity index is 364. The van der Waals surface area contributed by atoms with Crippen molar-refractivity contribution >= 4 is 13.8 Å². The number of phosphoric acid groups is 1. The quantitative estimate of drug-likeness (QED) is 0.103. The minimum atomic E-state index is -4.64. The van der Waals surface area contributed by atoms with Crippen LogP contribution in [0.25, 0.3) is 0 Å². The lowest BCUT2D eigenvalue weighted by atomic mass is 10.0. The molecule has 0 aliphatic carbocycles. The summed E-state index contributed by atoms with van der Waals surface area (Å²) < 4.78 is 8.88. The molecular formula is C19H44N3O4P. The SMILES string of the molecule is CCCCCCCCCCCCCCCCCCN=C(N)N.O=P(O)(O)O. The standard InChI is InChI=1S/C19H41N3.H3O4P/c1-2-3-4-5-6-7-8-9-10-11-12-13-14-15-16-17-18-22-19(20)21;1-5(2,3)4/h2-18H2,1H3,(H4,20,21,22);(H3,1,2,3,4). The maximum Gasteiger partial charge on any atom is 0.466 e. The van der Waals surface area contributed by atoms with Gasteiger partial charge in [0.15, 0.2) is 5.96 Å². The molecule has 0 radical (unpaired) electrons. The molecule has 0 fully saturated rings. The van der Waals surface area contributed by atoms with Crippen molar-refractivity contribution in [3.63, 3.8) is 0 Å². The summed E-state index contributed by atoms with van der Waals surface area (Å²) in [6, 6.07) is 0. The molecule has 0 saturated heterocycles. The van der Waals surface area contributed by atoms with Crippen molar-refractivity contribution in [2.24, 2.45) is 16.5 Å². The lowest BCUT2D eigenvalue weighted by Crippen LogP contribution is -2.22. The Hall–Kier alpha value is -0.620. The van der Waals surface area contributed by atoms with Gasteiger partial charge in [0, 0.05) is 6.54 Å². The average Bonchev–Trinajstić information content (AvgIpc) is 2.56. The van der Waals surface area contributed by atoms with Gasteiger partial charge < -0.3 is 26.1 Å². The van der Waals surface area contributed by atoms with Crippen LogP contribution in [0.2, 0.25) is 0 Å². The molecule has 0 bridgehead atoms. The lowest BCUT2D eigenvalue weighted by Gasteiger charge is -2.03. The lowest BCUT2D eigenvalue weighted by molar-refractivity contribution is 0.275. The van der Waals surface area contributed by atoms with E-state index in [1.165, 1.54) is 96.3 Å². The fraction of sp³-hybridized carbons (Fsp3) is 0.947. The van der Waals surface area contributed by atoms with Crippen LogP contribution >= 0.6 is 7.82 Å². The van der Waals surface area contributed by atoms with Crippen molar-refractivity contribution in [3.8, 4) is 0 Å². The van der Waals surface area contributed by atoms with Crippen molar-refractivity contribution < 1.29 is 19.2 Å². The van der Waals surface area contributed by atoms with Crippen LogP contribution in [0.1, 0.15) is 110 Å². The second kappa shape index (κ2) is 21.7. The Morgan fingerprint density at radius 2 is 0.926 bits per heavy atom. The second-order valence-electron chi connectivity index (χ2n) is 7.12. The molecule has 0 aromatic rings. The summed E-state index contributed by atoms with van der Waals surface area (Å²) >= 11 is 0. The highest BCUT2D eigenvalue weighted by Crippen LogP contribution is 2.25. The summed E-state index contributed by atoms with van der Waals surface area (Å²) in [4.78, 5) is 25.6. The van der Waals surface area contributed by atoms with E-state index < -0.39 is 7.82 Å². The summed E-state index contributed by atoms with van der Waals surface area (Å²) in [6.45, 7) is 3.08. The van der Waals surface area contributed by atoms with Gasteiger partial charge in [0.1, 0.15) is 0 Å². The monoisotopic (exact) mass is 409 g/mol. The molecule has 0 spiro atoms. The van der Waals surface area contributed by atoms with Crippen LogP contribution < -0.4 is 11.5 Å². The Labute approximate surface area is 166 Å². The van der Waals surface area contributed by atoms with Crippen LogP contribution in [-0.4, -0.2) is 27.2 Å². The first-order chi connectivity index (χ1) is 12.8. The first-order valence-electron chi connectivity index (χ1n) is 10.6. The van der Waals surface area contributed by atoms with Crippen molar-refractivity contribution in [1.29, 1.82) is 0 Å². The number of aliphatic imine (C=N–C) groups is 1. The molecule has 27 heavy (non-hydrogen) atoms. The molecule has 8 heteroatoms. The van der Waals surface area contributed by atoms with Crippen LogP contribution in [0.5, 0.6) is 0 Å². The summed E-state index contributed by atoms with van der Waals surface area (Å²) in [6.07, 6.45) is 22.3. The van der Waals surface area contributed by atoms with Crippen molar-refractivity contribution in [2.45, 2.75) is 110 Å². The number of guanidine groups is 1. The molecule has 0 rings (SSSR count). The van der Waals surface area contributed by atoms with Gasteiger partial charge in [0.2, 0.25) is 0 Å². The zero-order chi connectivity index (χ0) is 20.8. The molecule has 0 aliphatic rings. The predicted octanol–water partition coefficient (Wildman–Crippen LogP) is 4.59. The topological polar surface area (TPSA) is 142 Å². The first kappa shape index (κ1) is 28.6. The zero-order valence-electron chi connectivity index (χ0n) is 17.3. The van der Waals surface area contributed by atoms with Crippen LogP contribution in [0.3, 0.4) is 0 Å².